The van der Waals surface area contributed by atoms with E-state index in [-0.39, 0.29) is 30.0 Å². The summed E-state index contributed by atoms with van der Waals surface area (Å²) in [7, 11) is 0. The van der Waals surface area contributed by atoms with Crippen molar-refractivity contribution in [2.24, 2.45) is 34.7 Å². The summed E-state index contributed by atoms with van der Waals surface area (Å²) >= 11 is 30.2. The minimum Gasteiger partial charge on any atom is -0.481 e. The van der Waals surface area contributed by atoms with E-state index in [1.165, 1.54) is 167 Å². The summed E-state index contributed by atoms with van der Waals surface area (Å²) in [6, 6.07) is 24.9. The maximum Gasteiger partial charge on any atom is 0.508 e. The van der Waals surface area contributed by atoms with Gasteiger partial charge in [0.15, 0.2) is 11.6 Å². The number of nitrogens with one attached hydrogen (secondary N) is 2. The van der Waals surface area contributed by atoms with Crippen LogP contribution in [-0.4, -0.2) is 101 Å². The molecule has 5 saturated carbocycles. The van der Waals surface area contributed by atoms with E-state index >= 15 is 0 Å². The predicted octanol–water partition coefficient (Wildman–Crippen LogP) is 23.5. The van der Waals surface area contributed by atoms with Crippen molar-refractivity contribution in [3.63, 3.8) is 0 Å². The number of oxime groups is 1. The maximum atomic E-state index is 12.9. The van der Waals surface area contributed by atoms with E-state index in [1.54, 1.807) is 0 Å². The van der Waals surface area contributed by atoms with Gasteiger partial charge in [-0.15, -0.1) is 0 Å². The van der Waals surface area contributed by atoms with Gasteiger partial charge < -0.3 is 49.1 Å². The van der Waals surface area contributed by atoms with E-state index in [9.17, 15) is 39.4 Å². The first kappa shape index (κ1) is 84.3. The molecule has 8 aromatic rings. The Kier molecular flexibility index (Phi) is 37.0. The lowest BCUT2D eigenvalue weighted by Gasteiger charge is -2.14. The van der Waals surface area contributed by atoms with Gasteiger partial charge >= 0.3 is 12.1 Å². The Morgan fingerprint density at radius 2 is 0.829 bits per heavy atom. The highest BCUT2D eigenvalue weighted by Crippen LogP contribution is 2.37. The Balaban J connectivity index is 0.000000161. The van der Waals surface area contributed by atoms with Crippen molar-refractivity contribution in [3.8, 4) is 0 Å². The number of halogens is 5. The highest BCUT2D eigenvalue weighted by molar-refractivity contribution is 6.63. The molecule has 572 valence electrons. The smallest absolute Gasteiger partial charge is 0.481 e. The number of hydrogen-bond donors (Lipinski definition) is 6. The first-order chi connectivity index (χ1) is 51.0. The van der Waals surface area contributed by atoms with Gasteiger partial charge in [-0.1, -0.05) is 243 Å². The van der Waals surface area contributed by atoms with E-state index in [1.807, 2.05) is 113 Å². The number of ether oxygens (including phenoxy) is 2. The molecule has 21 heteroatoms. The van der Waals surface area contributed by atoms with E-state index in [0.29, 0.717) is 108 Å². The van der Waals surface area contributed by atoms with Gasteiger partial charge in [-0.05, 0) is 128 Å². The number of carboxylic acids is 1. The quantitative estimate of drug-likeness (QED) is 0.00953. The molecule has 6 fully saturated rings. The van der Waals surface area contributed by atoms with Crippen LogP contribution < -0.4 is 0 Å². The molecule has 5 aliphatic carbocycles. The first-order valence-corrected chi connectivity index (χ1v) is 40.6. The monoisotopic (exact) mass is 1540 g/mol. The molecule has 0 spiro atoms. The molecule has 0 atom stereocenters. The lowest BCUT2D eigenvalue weighted by Crippen LogP contribution is -2.10. The van der Waals surface area contributed by atoms with Crippen molar-refractivity contribution < 1.29 is 54.0 Å². The summed E-state index contributed by atoms with van der Waals surface area (Å²) in [6.45, 7) is 1.92. The van der Waals surface area contributed by atoms with Gasteiger partial charge in [0.1, 0.15) is 13.2 Å². The number of aliphatic hydroxyl groups excluding tert-OH is 2. The van der Waals surface area contributed by atoms with Crippen molar-refractivity contribution in [3.05, 3.63) is 140 Å². The summed E-state index contributed by atoms with van der Waals surface area (Å²) in [5, 5.41) is 46.7. The van der Waals surface area contributed by atoms with Crippen LogP contribution in [0.5, 0.6) is 0 Å². The number of ketones is 2. The molecule has 1 aliphatic heterocycles. The molecular formula is C84H110Cl5N5O11. The molecule has 14 rings (SSSR count). The van der Waals surface area contributed by atoms with E-state index in [2.05, 4.69) is 24.6 Å². The lowest BCUT2D eigenvalue weighted by molar-refractivity contribution is -0.138. The van der Waals surface area contributed by atoms with E-state index in [0.717, 1.165) is 91.9 Å². The molecule has 105 heavy (non-hydrogen) atoms. The average molecular weight is 1540 g/mol. The van der Waals surface area contributed by atoms with Gasteiger partial charge in [0.2, 0.25) is 5.24 Å². The molecule has 6 N–H and O–H groups in total. The van der Waals surface area contributed by atoms with Gasteiger partial charge in [0.05, 0.1) is 45.0 Å². The van der Waals surface area contributed by atoms with E-state index < -0.39 is 12.1 Å². The number of carboxylic acid groups (broad SMARTS) is 1. The summed E-state index contributed by atoms with van der Waals surface area (Å²) in [4.78, 5) is 62.4. The van der Waals surface area contributed by atoms with Crippen LogP contribution in [0, 0.1) is 29.6 Å². The number of Topliss-reactive ketones (excluding diaryl/α,β-unsaturated/α-hetero) is 2. The largest absolute Gasteiger partial charge is 0.508 e. The van der Waals surface area contributed by atoms with Crippen LogP contribution in [0.25, 0.3) is 43.6 Å². The zero-order valence-electron chi connectivity index (χ0n) is 61.1. The number of fused-ring (bicyclic) bond motifs is 4. The molecule has 0 radical (unpaired) electrons. The third-order valence-electron chi connectivity index (χ3n) is 21.4. The molecule has 5 heterocycles. The molecule has 1 saturated heterocycles. The average Bonchev–Trinajstić information content (AvgIpc) is 1.67. The second-order valence-electron chi connectivity index (χ2n) is 29.1. The molecule has 4 aromatic carbocycles. The second-order valence-corrected chi connectivity index (χ2v) is 31.2. The number of cyclic esters (lactones) is 2. The fourth-order valence-corrected chi connectivity index (χ4v) is 17.1. The highest BCUT2D eigenvalue weighted by Gasteiger charge is 2.26. The molecule has 6 aliphatic rings. The zero-order chi connectivity index (χ0) is 74.7. The number of aromatic nitrogens is 4. The number of carbonyl (C=O) groups excluding carboxylic acids is 4. The number of H-pyrrole nitrogens is 2. The van der Waals surface area contributed by atoms with Crippen LogP contribution in [0.15, 0.2) is 109 Å². The molecular weight excluding hydrogens is 1430 g/mol. The third kappa shape index (κ3) is 27.4. The molecule has 0 unspecified atom stereocenters. The summed E-state index contributed by atoms with van der Waals surface area (Å²) < 4.78 is 12.5. The Bertz CT molecular complexity index is 3950. The topological polar surface area (TPSA) is 239 Å². The standard InChI is InChI=1S/C19H25ClN2O2.C19H24ClNO2.C17H20ClNO.C9H15ClO.C9H16O2.C8H6ClN.C3H4O3/c20-16-8-5-9-18-19(16)15(13-22(18)10-11-23)17(21-24)12-14-6-3-1-2-4-7-14;20-16-8-5-9-17-19(16)15(13-21(17)10-11-22)18(23)12-14-6-3-1-2-4-7-14;18-14-8-5-9-15-17(14)13(11-19-15)16(20)10-12-6-3-1-2-4-7-12;2*10-9(11)7-8-5-3-1-2-4-6-8;9-7-2-1-3-8-6(7)4-5-10-8;4-3-5-1-2-6-3/h5,8-9,13-14,23-24H,1-4,6-7,10-12H2;5,8-9,13-14,22H,1-4,6-7,10-12H2;5,8-9,11-12,19H,1-4,6-7,10H2;8H,1-7H2;8H,1-7H2,(H,10,11);1-5,10H;1-2H2. The van der Waals surface area contributed by atoms with Crippen LogP contribution in [0.1, 0.15) is 251 Å². The SMILES string of the molecule is Clc1cccc2[nH]ccc12.O=C(CC1CCCCCC1)c1c[nH]c2cccc(Cl)c12.O=C(CC1CCCCCC1)c1cn(CCO)c2cccc(Cl)c12.O=C(Cl)CC1CCCCCC1.O=C(O)CC1CCCCCC1.O=C1OCCO1.OCCn1cc(C(CC2CCCCCC2)=NO)c2c(Cl)cccc21. The van der Waals surface area contributed by atoms with Crippen LogP contribution in [0.2, 0.25) is 20.1 Å². The van der Waals surface area contributed by atoms with Crippen molar-refractivity contribution in [2.45, 2.75) is 238 Å². The van der Waals surface area contributed by atoms with Crippen molar-refractivity contribution in [1.82, 2.24) is 19.1 Å². The minimum atomic E-state index is -0.628. The Morgan fingerprint density at radius 3 is 1.24 bits per heavy atom. The van der Waals surface area contributed by atoms with Gasteiger partial charge in [-0.2, -0.15) is 0 Å². The Labute approximate surface area is 644 Å². The molecule has 4 aromatic heterocycles. The van der Waals surface area contributed by atoms with Crippen molar-refractivity contribution >= 4 is 136 Å². The van der Waals surface area contributed by atoms with E-state index in [4.69, 9.17) is 63.1 Å². The van der Waals surface area contributed by atoms with Crippen LogP contribution >= 0.6 is 58.0 Å². The number of aliphatic hydroxyl groups is 2. The molecule has 0 amide bonds. The summed E-state index contributed by atoms with van der Waals surface area (Å²) in [5.74, 6) is 2.47. The minimum absolute atomic E-state index is 0.0482. The number of benzene rings is 4. The first-order valence-electron chi connectivity index (χ1n) is 38.8. The van der Waals surface area contributed by atoms with Crippen LogP contribution in [0.3, 0.4) is 0 Å². The van der Waals surface area contributed by atoms with Gasteiger partial charge in [0, 0.05) is 118 Å². The second kappa shape index (κ2) is 46.1. The number of carbonyl (C=O) groups is 5. The highest BCUT2D eigenvalue weighted by atomic mass is 35.5. The summed E-state index contributed by atoms with van der Waals surface area (Å²) in [6.07, 6.45) is 47.5. The van der Waals surface area contributed by atoms with Crippen LogP contribution in [-0.2, 0) is 32.2 Å². The zero-order valence-corrected chi connectivity index (χ0v) is 64.9. The van der Waals surface area contributed by atoms with Gasteiger partial charge in [0.25, 0.3) is 0 Å². The predicted molar refractivity (Wildman–Crippen MR) is 427 cm³/mol. The molecule has 16 nitrogen and oxygen atoms in total. The number of aliphatic carboxylic acids is 1. The lowest BCUT2D eigenvalue weighted by atomic mass is 9.91. The Hall–Kier alpha value is -6.37. The fourth-order valence-electron chi connectivity index (χ4n) is 15.9. The number of rotatable bonds is 17. The van der Waals surface area contributed by atoms with Crippen LogP contribution in [0.4, 0.5) is 4.79 Å². The maximum absolute atomic E-state index is 12.9. The molecule has 0 bridgehead atoms. The van der Waals surface area contributed by atoms with Gasteiger partial charge in [-0.25, -0.2) is 4.79 Å². The summed E-state index contributed by atoms with van der Waals surface area (Å²) in [5.41, 5.74) is 6.99. The fraction of sp³-hybridized carbons (Fsp3) is 0.548. The van der Waals surface area contributed by atoms with Crippen molar-refractivity contribution in [2.75, 3.05) is 26.4 Å². The third-order valence-corrected chi connectivity index (χ3v) is 22.8. The Morgan fingerprint density at radius 1 is 0.448 bits per heavy atom. The van der Waals surface area contributed by atoms with Gasteiger partial charge in [-0.3, -0.25) is 19.2 Å². The number of hydrogen-bond acceptors (Lipinski definition) is 11. The normalized spacial score (nSPS) is 17.4. The van der Waals surface area contributed by atoms with Crippen molar-refractivity contribution in [1.29, 1.82) is 0 Å². The number of nitrogens with zero attached hydrogens (tertiary/aromatic N) is 3. The number of aromatic amines is 2.